The van der Waals surface area contributed by atoms with Gasteiger partial charge in [0.15, 0.2) is 0 Å². The van der Waals surface area contributed by atoms with Crippen LogP contribution in [0.1, 0.15) is 0 Å². The monoisotopic (exact) mass is 295 g/mol. The Labute approximate surface area is 105 Å². The molecule has 10 heteroatoms. The van der Waals surface area contributed by atoms with Gasteiger partial charge in [0.25, 0.3) is 0 Å². The molecule has 0 aromatic carbocycles. The second-order valence-corrected chi connectivity index (χ2v) is 4.12. The Morgan fingerprint density at radius 3 is 1.95 bits per heavy atom. The maximum atomic E-state index is 12.4. The SMILES string of the molecule is C[NH+](C)CCNC([O-])(/C=C(\[O-])C(F)(F)F)C(F)(F)F. The number of hydrogen-bond acceptors (Lipinski definition) is 3. The summed E-state index contributed by atoms with van der Waals surface area (Å²) in [5.41, 5.74) is -4.25. The molecule has 0 rings (SSSR count). The summed E-state index contributed by atoms with van der Waals surface area (Å²) in [4.78, 5) is 0.680. The first-order chi connectivity index (χ1) is 8.29. The highest BCUT2D eigenvalue weighted by atomic mass is 19.4. The number of quaternary nitrogens is 1. The van der Waals surface area contributed by atoms with Crippen molar-refractivity contribution in [1.82, 2.24) is 5.32 Å². The Balaban J connectivity index is 5.11. The summed E-state index contributed by atoms with van der Waals surface area (Å²) in [5, 5.41) is 23.2. The first-order valence-electron chi connectivity index (χ1n) is 5.08. The Bertz CT molecular complexity index is 326. The number of alkyl halides is 6. The van der Waals surface area contributed by atoms with E-state index in [1.165, 1.54) is 5.32 Å². The molecule has 114 valence electrons. The molecular formula is C9H13F6N2O2-. The molecule has 0 saturated carbocycles. The number of allylic oxidation sites excluding steroid dienone is 1. The van der Waals surface area contributed by atoms with Crippen LogP contribution in [0.5, 0.6) is 0 Å². The van der Waals surface area contributed by atoms with Crippen molar-refractivity contribution in [2.75, 3.05) is 27.2 Å². The maximum absolute atomic E-state index is 12.4. The Hall–Kier alpha value is -1.00. The average molecular weight is 295 g/mol. The van der Waals surface area contributed by atoms with Gasteiger partial charge in [0.2, 0.25) is 0 Å². The van der Waals surface area contributed by atoms with Gasteiger partial charge in [-0.3, -0.25) is 0 Å². The van der Waals surface area contributed by atoms with Gasteiger partial charge in [-0.2, -0.15) is 26.3 Å². The van der Waals surface area contributed by atoms with Crippen molar-refractivity contribution in [2.24, 2.45) is 0 Å². The van der Waals surface area contributed by atoms with E-state index in [1.54, 1.807) is 14.1 Å². The van der Waals surface area contributed by atoms with Gasteiger partial charge in [-0.25, -0.2) is 0 Å². The van der Waals surface area contributed by atoms with E-state index in [2.05, 4.69) is 0 Å². The molecule has 0 aliphatic carbocycles. The second kappa shape index (κ2) is 5.97. The van der Waals surface area contributed by atoms with Crippen LogP contribution in [0.4, 0.5) is 26.3 Å². The van der Waals surface area contributed by atoms with E-state index >= 15 is 0 Å². The molecule has 0 heterocycles. The molecule has 0 radical (unpaired) electrons. The lowest BCUT2D eigenvalue weighted by Gasteiger charge is -2.42. The van der Waals surface area contributed by atoms with E-state index in [0.29, 0.717) is 4.90 Å². The van der Waals surface area contributed by atoms with Crippen molar-refractivity contribution in [3.8, 4) is 0 Å². The summed E-state index contributed by atoms with van der Waals surface area (Å²) < 4.78 is 73.0. The molecule has 0 saturated heterocycles. The van der Waals surface area contributed by atoms with E-state index in [9.17, 15) is 36.6 Å². The number of rotatable bonds is 5. The molecule has 0 fully saturated rings. The zero-order valence-electron chi connectivity index (χ0n) is 10.1. The fraction of sp³-hybridized carbons (Fsp3) is 0.778. The molecule has 0 bridgehead atoms. The molecule has 0 aliphatic rings. The summed E-state index contributed by atoms with van der Waals surface area (Å²) >= 11 is 0. The lowest BCUT2D eigenvalue weighted by molar-refractivity contribution is -0.857. The predicted molar refractivity (Wildman–Crippen MR) is 48.6 cm³/mol. The van der Waals surface area contributed by atoms with Gasteiger partial charge in [0.05, 0.1) is 26.4 Å². The second-order valence-electron chi connectivity index (χ2n) is 4.12. The Kier molecular flexibility index (Phi) is 5.66. The van der Waals surface area contributed by atoms with Gasteiger partial charge in [-0.1, -0.05) is 6.08 Å². The molecule has 0 spiro atoms. The summed E-state index contributed by atoms with van der Waals surface area (Å²) in [6, 6.07) is 0. The zero-order chi connectivity index (χ0) is 15.5. The number of nitrogens with one attached hydrogen (secondary N) is 2. The topological polar surface area (TPSA) is 62.6 Å². The molecule has 19 heavy (non-hydrogen) atoms. The lowest BCUT2D eigenvalue weighted by Crippen LogP contribution is -3.06. The molecule has 1 unspecified atom stereocenters. The van der Waals surface area contributed by atoms with Crippen LogP contribution in [-0.4, -0.2) is 45.3 Å². The number of hydrogen-bond donors (Lipinski definition) is 2. The van der Waals surface area contributed by atoms with Crippen molar-refractivity contribution in [3.63, 3.8) is 0 Å². The third-order valence-corrected chi connectivity index (χ3v) is 2.05. The summed E-state index contributed by atoms with van der Waals surface area (Å²) in [6.45, 7) is -0.429. The normalized spacial score (nSPS) is 17.7. The first kappa shape index (κ1) is 18.0. The van der Waals surface area contributed by atoms with Crippen LogP contribution < -0.4 is 20.4 Å². The molecule has 1 atom stereocenters. The standard InChI is InChI=1S/C9H13F6N2O2/c1-17(2)4-3-16-7(19,9(13,14)15)5-6(18)8(10,11)12/h5,16,18H,3-4H2,1-2H3/q-1/b6-5-. The average Bonchev–Trinajstić information content (AvgIpc) is 2.13. The highest BCUT2D eigenvalue weighted by Crippen LogP contribution is 2.30. The van der Waals surface area contributed by atoms with E-state index in [0.717, 1.165) is 0 Å². The highest BCUT2D eigenvalue weighted by Gasteiger charge is 2.44. The molecule has 0 aromatic heterocycles. The highest BCUT2D eigenvalue weighted by molar-refractivity contribution is 5.09. The summed E-state index contributed by atoms with van der Waals surface area (Å²) in [7, 11) is 3.15. The van der Waals surface area contributed by atoms with Crippen LogP contribution in [0.3, 0.4) is 0 Å². The molecule has 4 nitrogen and oxygen atoms in total. The van der Waals surface area contributed by atoms with Gasteiger partial charge in [0.1, 0.15) is 0 Å². The first-order valence-corrected chi connectivity index (χ1v) is 5.08. The van der Waals surface area contributed by atoms with Crippen LogP contribution in [-0.2, 0) is 0 Å². The maximum Gasteiger partial charge on any atom is 0.402 e. The van der Waals surface area contributed by atoms with Crippen LogP contribution >= 0.6 is 0 Å². The van der Waals surface area contributed by atoms with Gasteiger partial charge in [-0.05, 0) is 5.76 Å². The van der Waals surface area contributed by atoms with E-state index in [-0.39, 0.29) is 6.54 Å². The fourth-order valence-electron chi connectivity index (χ4n) is 0.998. The molecule has 0 aliphatic heterocycles. The van der Waals surface area contributed by atoms with Crippen LogP contribution in [0.15, 0.2) is 11.8 Å². The van der Waals surface area contributed by atoms with Gasteiger partial charge < -0.3 is 20.4 Å². The molecule has 0 amide bonds. The minimum absolute atomic E-state index is 0.0636. The Morgan fingerprint density at radius 2 is 1.63 bits per heavy atom. The van der Waals surface area contributed by atoms with Crippen LogP contribution in [0.25, 0.3) is 0 Å². The smallest absolute Gasteiger partial charge is 0.402 e. The molecule has 2 N–H and O–H groups in total. The lowest BCUT2D eigenvalue weighted by atomic mass is 10.1. The van der Waals surface area contributed by atoms with Crippen molar-refractivity contribution in [3.05, 3.63) is 11.8 Å². The molecule has 0 aromatic rings. The minimum Gasteiger partial charge on any atom is -0.870 e. The van der Waals surface area contributed by atoms with Gasteiger partial charge in [-0.15, -0.1) is 0 Å². The summed E-state index contributed by atoms with van der Waals surface area (Å²) in [6.07, 6.45) is -12.0. The van der Waals surface area contributed by atoms with Gasteiger partial charge in [0, 0.05) is 6.54 Å². The van der Waals surface area contributed by atoms with Crippen molar-refractivity contribution in [2.45, 2.75) is 18.1 Å². The largest absolute Gasteiger partial charge is 0.870 e. The van der Waals surface area contributed by atoms with Crippen molar-refractivity contribution >= 4 is 0 Å². The third kappa shape index (κ3) is 5.66. The minimum atomic E-state index is -5.56. The van der Waals surface area contributed by atoms with Gasteiger partial charge >= 0.3 is 12.4 Å². The van der Waals surface area contributed by atoms with Crippen molar-refractivity contribution < 1.29 is 41.5 Å². The van der Waals surface area contributed by atoms with Crippen LogP contribution in [0.2, 0.25) is 0 Å². The molecular weight excluding hydrogens is 282 g/mol. The fourth-order valence-corrected chi connectivity index (χ4v) is 0.998. The van der Waals surface area contributed by atoms with E-state index in [1.807, 2.05) is 0 Å². The quantitative estimate of drug-likeness (QED) is 0.355. The van der Waals surface area contributed by atoms with Crippen molar-refractivity contribution in [1.29, 1.82) is 0 Å². The summed E-state index contributed by atoms with van der Waals surface area (Å²) in [5.74, 6) is -2.83. The number of likely N-dealkylation sites (N-methyl/N-ethyl adjacent to an activating group) is 1. The van der Waals surface area contributed by atoms with E-state index in [4.69, 9.17) is 0 Å². The third-order valence-electron chi connectivity index (χ3n) is 2.05. The van der Waals surface area contributed by atoms with Crippen LogP contribution in [0, 0.1) is 0 Å². The zero-order valence-corrected chi connectivity index (χ0v) is 10.1. The number of halogens is 6. The Morgan fingerprint density at radius 1 is 1.16 bits per heavy atom. The predicted octanol–water partition coefficient (Wildman–Crippen LogP) is -1.85. The van der Waals surface area contributed by atoms with E-state index < -0.39 is 36.5 Å².